The Bertz CT molecular complexity index is 29.5. The van der Waals surface area contributed by atoms with Gasteiger partial charge in [-0.3, -0.25) is 0 Å². The summed E-state index contributed by atoms with van der Waals surface area (Å²) in [5.41, 5.74) is -0.750. The van der Waals surface area contributed by atoms with E-state index in [0.717, 1.165) is 0 Å². The molecule has 0 aromatic carbocycles. The predicted octanol–water partition coefficient (Wildman–Crippen LogP) is -3.41. The fraction of sp³-hybridized carbons (Fsp3) is 1.00. The van der Waals surface area contributed by atoms with Crippen LogP contribution in [-0.2, 0) is 0 Å². The van der Waals surface area contributed by atoms with Gasteiger partial charge in [-0.2, -0.15) is 0 Å². The van der Waals surface area contributed by atoms with E-state index in [4.69, 9.17) is 0 Å². The third-order valence-corrected chi connectivity index (χ3v) is 0. The molecule has 8 heavy (non-hydrogen) atoms. The first kappa shape index (κ1) is 22.7. The van der Waals surface area contributed by atoms with Crippen molar-refractivity contribution in [3.05, 3.63) is 0 Å². The maximum Gasteiger partial charge on any atom is 3.00 e. The van der Waals surface area contributed by atoms with Crippen LogP contribution in [0.5, 0.6) is 0 Å². The summed E-state index contributed by atoms with van der Waals surface area (Å²) >= 11 is 0. The molecule has 0 aliphatic carbocycles. The van der Waals surface area contributed by atoms with Crippen LogP contribution in [0.15, 0.2) is 0 Å². The van der Waals surface area contributed by atoms with Gasteiger partial charge >= 0.3 is 46.9 Å². The molecular weight excluding hydrogens is 130 g/mol. The summed E-state index contributed by atoms with van der Waals surface area (Å²) in [6, 6.07) is 0. The Balaban J connectivity index is -0.0000000267. The van der Waals surface area contributed by atoms with Crippen LogP contribution < -0.4 is 34.7 Å². The van der Waals surface area contributed by atoms with Crippen LogP contribution >= 0.6 is 0 Å². The molecule has 0 spiro atoms. The molecule has 40 valence electrons. The fourth-order valence-electron chi connectivity index (χ4n) is 0. The van der Waals surface area contributed by atoms with Crippen LogP contribution in [0.3, 0.4) is 0 Å². The second-order valence-corrected chi connectivity index (χ2v) is 2.11. The van der Waals surface area contributed by atoms with Gasteiger partial charge in [0.1, 0.15) is 0 Å². The minimum absolute atomic E-state index is 0. The average molecular weight is 140 g/mol. The third kappa shape index (κ3) is 147. The number of rotatable bonds is 0. The van der Waals surface area contributed by atoms with E-state index in [0.29, 0.717) is 0 Å². The van der Waals surface area contributed by atoms with Crippen LogP contribution in [-0.4, -0.2) is 28.4 Å². The van der Waals surface area contributed by atoms with E-state index in [-0.39, 0.29) is 52.4 Å². The maximum absolute atomic E-state index is 10.1. The quantitative estimate of drug-likeness (QED) is 0.329. The standard InChI is InChI=1S/C4H9O.Al.Na.H2O/c1-4(2,3)5;;;/h1-3H3;;;1H2/q-1;+3;+1;/p-1. The monoisotopic (exact) mass is 140 g/mol. The van der Waals surface area contributed by atoms with E-state index in [1.807, 2.05) is 0 Å². The molecule has 0 atom stereocenters. The van der Waals surface area contributed by atoms with Crippen molar-refractivity contribution in [1.82, 2.24) is 0 Å². The van der Waals surface area contributed by atoms with E-state index in [1.54, 1.807) is 20.8 Å². The van der Waals surface area contributed by atoms with E-state index >= 15 is 0 Å². The minimum atomic E-state index is -0.750. The van der Waals surface area contributed by atoms with Gasteiger partial charge in [-0.1, -0.05) is 20.8 Å². The first-order valence-corrected chi connectivity index (χ1v) is 1.70. The molecule has 0 aliphatic heterocycles. The van der Waals surface area contributed by atoms with Crippen molar-refractivity contribution in [3.8, 4) is 0 Å². The third-order valence-electron chi connectivity index (χ3n) is 0. The van der Waals surface area contributed by atoms with Crippen LogP contribution in [0.2, 0.25) is 0 Å². The Morgan fingerprint density at radius 2 is 1.12 bits per heavy atom. The second-order valence-electron chi connectivity index (χ2n) is 2.11. The molecule has 1 N–H and O–H groups in total. The molecule has 0 unspecified atom stereocenters. The van der Waals surface area contributed by atoms with Gasteiger partial charge in [-0.15, -0.1) is 5.60 Å². The zero-order chi connectivity index (χ0) is 4.50. The van der Waals surface area contributed by atoms with Gasteiger partial charge < -0.3 is 10.6 Å². The van der Waals surface area contributed by atoms with Gasteiger partial charge in [-0.25, -0.2) is 0 Å². The Morgan fingerprint density at radius 1 is 1.12 bits per heavy atom. The van der Waals surface area contributed by atoms with Crippen molar-refractivity contribution in [2.45, 2.75) is 26.4 Å². The zero-order valence-corrected chi connectivity index (χ0v) is 9.09. The van der Waals surface area contributed by atoms with Gasteiger partial charge in [0.25, 0.3) is 0 Å². The van der Waals surface area contributed by atoms with Crippen molar-refractivity contribution in [1.29, 1.82) is 0 Å². The zero-order valence-electron chi connectivity index (χ0n) is 5.93. The average Bonchev–Trinajstić information content (AvgIpc) is 0.722. The molecule has 0 heterocycles. The van der Waals surface area contributed by atoms with Gasteiger partial charge in [0.15, 0.2) is 0 Å². The number of hydrogen-bond acceptors (Lipinski definition) is 2. The van der Waals surface area contributed by atoms with Crippen molar-refractivity contribution < 1.29 is 40.1 Å². The van der Waals surface area contributed by atoms with Crippen molar-refractivity contribution >= 4 is 17.4 Å². The van der Waals surface area contributed by atoms with Crippen LogP contribution in [0, 0.1) is 0 Å². The summed E-state index contributed by atoms with van der Waals surface area (Å²) in [6.45, 7) is 4.90. The van der Waals surface area contributed by atoms with Crippen molar-refractivity contribution in [2.24, 2.45) is 0 Å². The van der Waals surface area contributed by atoms with Crippen LogP contribution in [0.25, 0.3) is 0 Å². The summed E-state index contributed by atoms with van der Waals surface area (Å²) in [5.74, 6) is 0. The summed E-state index contributed by atoms with van der Waals surface area (Å²) in [4.78, 5) is 0. The van der Waals surface area contributed by atoms with E-state index in [9.17, 15) is 5.11 Å². The molecule has 0 saturated heterocycles. The molecule has 4 heteroatoms. The molecule has 0 rings (SSSR count). The Kier molecular flexibility index (Phi) is 24.0. The molecule has 0 aromatic rings. The molecular formula is C4H10AlNaO2+2. The Morgan fingerprint density at radius 3 is 1.12 bits per heavy atom. The van der Waals surface area contributed by atoms with E-state index in [1.165, 1.54) is 0 Å². The van der Waals surface area contributed by atoms with Gasteiger partial charge in [-0.05, 0) is 0 Å². The summed E-state index contributed by atoms with van der Waals surface area (Å²) in [5, 5.41) is 10.1. The summed E-state index contributed by atoms with van der Waals surface area (Å²) < 4.78 is 0. The second kappa shape index (κ2) is 8.45. The number of hydrogen-bond donors (Lipinski definition) is 0. The summed E-state index contributed by atoms with van der Waals surface area (Å²) in [7, 11) is 0. The van der Waals surface area contributed by atoms with Crippen LogP contribution in [0.4, 0.5) is 0 Å². The van der Waals surface area contributed by atoms with Crippen molar-refractivity contribution in [3.63, 3.8) is 0 Å². The van der Waals surface area contributed by atoms with Crippen molar-refractivity contribution in [2.75, 3.05) is 0 Å². The molecule has 0 bridgehead atoms. The maximum atomic E-state index is 10.1. The molecule has 0 aromatic heterocycles. The van der Waals surface area contributed by atoms with E-state index < -0.39 is 5.60 Å². The normalized spacial score (nSPS) is 7.50. The minimum Gasteiger partial charge on any atom is -0.870 e. The first-order chi connectivity index (χ1) is 2.00. The smallest absolute Gasteiger partial charge is 0.870 e. The largest absolute Gasteiger partial charge is 3.00 e. The molecule has 0 amide bonds. The molecule has 0 saturated carbocycles. The van der Waals surface area contributed by atoms with Gasteiger partial charge in [0.05, 0.1) is 0 Å². The van der Waals surface area contributed by atoms with E-state index in [2.05, 4.69) is 0 Å². The molecule has 0 aliphatic rings. The SMILES string of the molecule is CC(C)(C)[O-].[Al+3].[Na+].[OH-]. The molecule has 2 nitrogen and oxygen atoms in total. The Hall–Kier alpha value is 1.45. The predicted molar refractivity (Wildman–Crippen MR) is 27.4 cm³/mol. The molecule has 0 radical (unpaired) electrons. The fourth-order valence-corrected chi connectivity index (χ4v) is 0. The summed E-state index contributed by atoms with van der Waals surface area (Å²) in [6.07, 6.45) is 0. The van der Waals surface area contributed by atoms with Gasteiger partial charge in [0.2, 0.25) is 0 Å². The van der Waals surface area contributed by atoms with Crippen LogP contribution in [0.1, 0.15) is 20.8 Å². The molecule has 0 fully saturated rings. The van der Waals surface area contributed by atoms with Gasteiger partial charge in [0, 0.05) is 0 Å². The first-order valence-electron chi connectivity index (χ1n) is 1.70. The topological polar surface area (TPSA) is 53.1 Å². The Labute approximate surface area is 83.4 Å².